The average molecular weight is 363 g/mol. The standard InChI is InChI=1S/C21H21N3O3/c1-3-11-24-20(13-7-6-8-14(12-13)27-2)17-18(22-23-19(17)21(24)26)15-9-4-5-10-16(15)25/h4-10,12,20,25H,3,11H2,1-2H3,(H,22,23)/t20-/m0/s1. The number of fused-ring (bicyclic) bond motifs is 1. The first-order valence-electron chi connectivity index (χ1n) is 8.97. The van der Waals surface area contributed by atoms with Gasteiger partial charge in [0.2, 0.25) is 0 Å². The zero-order chi connectivity index (χ0) is 19.0. The van der Waals surface area contributed by atoms with Crippen molar-refractivity contribution in [2.24, 2.45) is 0 Å². The van der Waals surface area contributed by atoms with Crippen molar-refractivity contribution in [3.05, 3.63) is 65.4 Å². The number of aromatic amines is 1. The topological polar surface area (TPSA) is 78.5 Å². The highest BCUT2D eigenvalue weighted by Crippen LogP contribution is 2.44. The second kappa shape index (κ2) is 6.79. The number of nitrogens with one attached hydrogen (secondary N) is 1. The van der Waals surface area contributed by atoms with Crippen molar-refractivity contribution in [3.8, 4) is 22.8 Å². The van der Waals surface area contributed by atoms with Gasteiger partial charge in [-0.25, -0.2) is 0 Å². The molecule has 6 nitrogen and oxygen atoms in total. The maximum atomic E-state index is 13.0. The Morgan fingerprint density at radius 2 is 2.04 bits per heavy atom. The number of ether oxygens (including phenoxy) is 1. The Morgan fingerprint density at radius 1 is 1.22 bits per heavy atom. The van der Waals surface area contributed by atoms with Gasteiger partial charge in [-0.05, 0) is 36.2 Å². The predicted octanol–water partition coefficient (Wildman–Crippen LogP) is 3.75. The van der Waals surface area contributed by atoms with E-state index in [-0.39, 0.29) is 17.7 Å². The number of hydrogen-bond acceptors (Lipinski definition) is 4. The van der Waals surface area contributed by atoms with Crippen LogP contribution in [0.5, 0.6) is 11.5 Å². The summed E-state index contributed by atoms with van der Waals surface area (Å²) in [6.07, 6.45) is 0.843. The van der Waals surface area contributed by atoms with Gasteiger partial charge < -0.3 is 14.7 Å². The third-order valence-corrected chi connectivity index (χ3v) is 4.90. The van der Waals surface area contributed by atoms with Crippen molar-refractivity contribution in [2.75, 3.05) is 13.7 Å². The van der Waals surface area contributed by atoms with Gasteiger partial charge >= 0.3 is 0 Å². The van der Waals surface area contributed by atoms with E-state index in [1.165, 1.54) is 0 Å². The minimum atomic E-state index is -0.282. The molecule has 1 amide bonds. The molecule has 1 aliphatic heterocycles. The van der Waals surface area contributed by atoms with Crippen molar-refractivity contribution in [2.45, 2.75) is 19.4 Å². The van der Waals surface area contributed by atoms with E-state index in [0.717, 1.165) is 23.3 Å². The lowest BCUT2D eigenvalue weighted by molar-refractivity contribution is 0.0744. The number of amides is 1. The molecule has 2 N–H and O–H groups in total. The van der Waals surface area contributed by atoms with Crippen molar-refractivity contribution in [3.63, 3.8) is 0 Å². The summed E-state index contributed by atoms with van der Waals surface area (Å²) in [5, 5.41) is 17.6. The molecule has 2 aromatic carbocycles. The fraction of sp³-hybridized carbons (Fsp3) is 0.238. The molecule has 0 bridgehead atoms. The van der Waals surface area contributed by atoms with Gasteiger partial charge in [0.15, 0.2) is 0 Å². The number of nitrogens with zero attached hydrogens (tertiary/aromatic N) is 2. The van der Waals surface area contributed by atoms with Gasteiger partial charge in [-0.2, -0.15) is 5.10 Å². The van der Waals surface area contributed by atoms with E-state index >= 15 is 0 Å². The van der Waals surface area contributed by atoms with Gasteiger partial charge in [0.05, 0.1) is 13.2 Å². The Morgan fingerprint density at radius 3 is 2.78 bits per heavy atom. The summed E-state index contributed by atoms with van der Waals surface area (Å²) in [5.74, 6) is 0.795. The Bertz CT molecular complexity index is 996. The lowest BCUT2D eigenvalue weighted by atomic mass is 9.95. The summed E-state index contributed by atoms with van der Waals surface area (Å²) in [7, 11) is 1.62. The van der Waals surface area contributed by atoms with Gasteiger partial charge in [0, 0.05) is 17.7 Å². The number of carbonyl (C=O) groups excluding carboxylic acids is 1. The maximum absolute atomic E-state index is 13.0. The van der Waals surface area contributed by atoms with Crippen LogP contribution in [-0.2, 0) is 0 Å². The molecular weight excluding hydrogens is 342 g/mol. The molecule has 0 aliphatic carbocycles. The van der Waals surface area contributed by atoms with Crippen molar-refractivity contribution < 1.29 is 14.6 Å². The van der Waals surface area contributed by atoms with Crippen LogP contribution >= 0.6 is 0 Å². The monoisotopic (exact) mass is 363 g/mol. The number of H-pyrrole nitrogens is 1. The third kappa shape index (κ3) is 2.73. The van der Waals surface area contributed by atoms with Crippen LogP contribution in [0.4, 0.5) is 0 Å². The number of para-hydroxylation sites is 1. The molecule has 1 atom stereocenters. The van der Waals surface area contributed by atoms with Crippen molar-refractivity contribution in [1.29, 1.82) is 0 Å². The van der Waals surface area contributed by atoms with Gasteiger partial charge in [0.25, 0.3) is 5.91 Å². The van der Waals surface area contributed by atoms with Crippen LogP contribution in [0, 0.1) is 0 Å². The Balaban J connectivity index is 1.91. The molecule has 0 fully saturated rings. The zero-order valence-electron chi connectivity index (χ0n) is 15.3. The van der Waals surface area contributed by atoms with Crippen molar-refractivity contribution >= 4 is 5.91 Å². The highest BCUT2D eigenvalue weighted by atomic mass is 16.5. The van der Waals surface area contributed by atoms with Crippen LogP contribution in [-0.4, -0.2) is 39.8 Å². The number of carbonyl (C=O) groups is 1. The molecule has 0 saturated heterocycles. The van der Waals surface area contributed by atoms with Crippen LogP contribution in [0.3, 0.4) is 0 Å². The molecule has 138 valence electrons. The summed E-state index contributed by atoms with van der Waals surface area (Å²) < 4.78 is 5.37. The van der Waals surface area contributed by atoms with Gasteiger partial charge in [-0.15, -0.1) is 0 Å². The van der Waals surface area contributed by atoms with Gasteiger partial charge in [-0.1, -0.05) is 31.2 Å². The summed E-state index contributed by atoms with van der Waals surface area (Å²) in [5.41, 5.74) is 3.43. The number of phenols is 1. The predicted molar refractivity (Wildman–Crippen MR) is 102 cm³/mol. The van der Waals surface area contributed by atoms with E-state index in [2.05, 4.69) is 10.2 Å². The minimum absolute atomic E-state index is 0.0751. The average Bonchev–Trinajstić information content (AvgIpc) is 3.22. The maximum Gasteiger partial charge on any atom is 0.273 e. The van der Waals surface area contributed by atoms with Gasteiger partial charge in [0.1, 0.15) is 22.9 Å². The van der Waals surface area contributed by atoms with E-state index in [0.29, 0.717) is 23.5 Å². The fourth-order valence-electron chi connectivity index (χ4n) is 3.71. The lowest BCUT2D eigenvalue weighted by Crippen LogP contribution is -2.30. The van der Waals surface area contributed by atoms with Crippen LogP contribution < -0.4 is 4.74 Å². The Labute approximate surface area is 157 Å². The molecule has 1 aliphatic rings. The largest absolute Gasteiger partial charge is 0.507 e. The third-order valence-electron chi connectivity index (χ3n) is 4.90. The number of aromatic hydroxyl groups is 1. The quantitative estimate of drug-likeness (QED) is 0.724. The van der Waals surface area contributed by atoms with Crippen LogP contribution in [0.25, 0.3) is 11.3 Å². The van der Waals surface area contributed by atoms with Crippen molar-refractivity contribution in [1.82, 2.24) is 15.1 Å². The smallest absolute Gasteiger partial charge is 0.273 e. The molecule has 3 aromatic rings. The number of hydrogen-bond donors (Lipinski definition) is 2. The van der Waals surface area contributed by atoms with Gasteiger partial charge in [-0.3, -0.25) is 9.89 Å². The van der Waals surface area contributed by atoms with E-state index < -0.39 is 0 Å². The molecule has 6 heteroatoms. The molecule has 1 aromatic heterocycles. The number of phenolic OH excluding ortho intramolecular Hbond substituents is 1. The van der Waals surface area contributed by atoms with Crippen LogP contribution in [0.1, 0.15) is 41.0 Å². The first kappa shape index (κ1) is 17.1. The zero-order valence-corrected chi connectivity index (χ0v) is 15.3. The SMILES string of the molecule is CCCN1C(=O)c2[nH]nc(-c3ccccc3O)c2[C@@H]1c1cccc(OC)c1. The summed E-state index contributed by atoms with van der Waals surface area (Å²) >= 11 is 0. The number of benzene rings is 2. The molecule has 0 spiro atoms. The molecule has 0 radical (unpaired) electrons. The fourth-order valence-corrected chi connectivity index (χ4v) is 3.71. The first-order valence-corrected chi connectivity index (χ1v) is 8.97. The van der Waals surface area contributed by atoms with E-state index in [1.54, 1.807) is 25.3 Å². The van der Waals surface area contributed by atoms with Crippen LogP contribution in [0.2, 0.25) is 0 Å². The molecule has 4 rings (SSSR count). The second-order valence-corrected chi connectivity index (χ2v) is 6.56. The first-order chi connectivity index (χ1) is 13.2. The number of aromatic nitrogens is 2. The van der Waals surface area contributed by atoms with E-state index in [1.807, 2.05) is 42.2 Å². The highest BCUT2D eigenvalue weighted by Gasteiger charge is 2.42. The highest BCUT2D eigenvalue weighted by molar-refractivity contribution is 6.00. The summed E-state index contributed by atoms with van der Waals surface area (Å²) in [6.45, 7) is 2.67. The molecule has 0 unspecified atom stereocenters. The molecule has 2 heterocycles. The van der Waals surface area contributed by atoms with Crippen LogP contribution in [0.15, 0.2) is 48.5 Å². The number of methoxy groups -OCH3 is 1. The Hall–Kier alpha value is -3.28. The molecular formula is C21H21N3O3. The minimum Gasteiger partial charge on any atom is -0.507 e. The Kier molecular flexibility index (Phi) is 4.32. The molecule has 27 heavy (non-hydrogen) atoms. The molecule has 0 saturated carbocycles. The number of rotatable bonds is 5. The van der Waals surface area contributed by atoms with E-state index in [9.17, 15) is 9.90 Å². The summed E-state index contributed by atoms with van der Waals surface area (Å²) in [6, 6.07) is 14.5. The lowest BCUT2D eigenvalue weighted by Gasteiger charge is -2.26. The summed E-state index contributed by atoms with van der Waals surface area (Å²) in [4.78, 5) is 14.9. The van der Waals surface area contributed by atoms with E-state index in [4.69, 9.17) is 4.74 Å². The second-order valence-electron chi connectivity index (χ2n) is 6.56. The normalized spacial score (nSPS) is 15.9.